The Bertz CT molecular complexity index is 881. The summed E-state index contributed by atoms with van der Waals surface area (Å²) in [6, 6.07) is 5.10. The average Bonchev–Trinajstić information content (AvgIpc) is 2.59. The summed E-state index contributed by atoms with van der Waals surface area (Å²) in [5.74, 6) is -1.49. The van der Waals surface area contributed by atoms with E-state index in [1.807, 2.05) is 6.92 Å². The predicted octanol–water partition coefficient (Wildman–Crippen LogP) is 2.41. The molecule has 0 bridgehead atoms. The molecule has 1 amide bonds. The van der Waals surface area contributed by atoms with Gasteiger partial charge in [-0.05, 0) is 52.7 Å². The van der Waals surface area contributed by atoms with E-state index in [0.717, 1.165) is 8.68 Å². The Labute approximate surface area is 190 Å². The number of halogens is 1. The quantitative estimate of drug-likeness (QED) is 0.147. The maximum Gasteiger partial charge on any atom is 0.419 e. The van der Waals surface area contributed by atoms with Gasteiger partial charge in [-0.1, -0.05) is 17.7 Å². The largest absolute Gasteiger partial charge is 0.480 e. The molecule has 0 aliphatic rings. The van der Waals surface area contributed by atoms with Crippen molar-refractivity contribution in [3.8, 4) is 0 Å². The number of sulfonamides is 1. The summed E-state index contributed by atoms with van der Waals surface area (Å²) in [6.07, 6.45) is -0.421. The fourth-order valence-corrected chi connectivity index (χ4v) is 3.76. The van der Waals surface area contributed by atoms with E-state index in [0.29, 0.717) is 0 Å². The lowest BCUT2D eigenvalue weighted by molar-refractivity contribution is -0.141. The topological polar surface area (TPSA) is 151 Å². The van der Waals surface area contributed by atoms with Gasteiger partial charge in [0.1, 0.15) is 11.6 Å². The third-order valence-electron chi connectivity index (χ3n) is 3.61. The number of amides is 1. The molecular formula is C18H27IN4O6S. The molecular weight excluding hydrogens is 527 g/mol. The summed E-state index contributed by atoms with van der Waals surface area (Å²) in [7, 11) is -3.86. The van der Waals surface area contributed by atoms with Crippen LogP contribution in [0.1, 0.15) is 39.2 Å². The second-order valence-corrected chi connectivity index (χ2v) is 10.2. The Morgan fingerprint density at radius 3 is 2.37 bits per heavy atom. The number of benzene rings is 1. The lowest BCUT2D eigenvalue weighted by Crippen LogP contribution is -2.41. The minimum Gasteiger partial charge on any atom is -0.480 e. The molecule has 10 nitrogen and oxygen atoms in total. The Kier molecular flexibility index (Phi) is 9.34. The molecule has 0 fully saturated rings. The highest BCUT2D eigenvalue weighted by molar-refractivity contribution is 14.1. The molecule has 1 rings (SSSR count). The van der Waals surface area contributed by atoms with Gasteiger partial charge in [-0.3, -0.25) is 4.99 Å². The zero-order valence-electron chi connectivity index (χ0n) is 17.3. The molecule has 0 aliphatic heterocycles. The minimum atomic E-state index is -3.86. The van der Waals surface area contributed by atoms with Crippen molar-refractivity contribution in [2.75, 3.05) is 6.54 Å². The van der Waals surface area contributed by atoms with Gasteiger partial charge in [0.05, 0.1) is 27.8 Å². The third kappa shape index (κ3) is 8.73. The number of carboxylic acids is 1. The molecule has 30 heavy (non-hydrogen) atoms. The van der Waals surface area contributed by atoms with Crippen LogP contribution in [-0.4, -0.2) is 52.8 Å². The number of aliphatic carboxylic acids is 1. The van der Waals surface area contributed by atoms with Gasteiger partial charge >= 0.3 is 12.1 Å². The maximum atomic E-state index is 12.3. The third-order valence-corrected chi connectivity index (χ3v) is 6.05. The molecule has 0 heterocycles. The van der Waals surface area contributed by atoms with E-state index in [1.54, 1.807) is 55.8 Å². The molecule has 4 N–H and O–H groups in total. The van der Waals surface area contributed by atoms with Crippen LogP contribution >= 0.6 is 22.9 Å². The fourth-order valence-electron chi connectivity index (χ4n) is 2.20. The number of hydrogen-bond donors (Lipinski definition) is 3. The Morgan fingerprint density at radius 1 is 1.30 bits per heavy atom. The van der Waals surface area contributed by atoms with E-state index < -0.39 is 33.7 Å². The number of carboxylic acid groups (broad SMARTS) is 1. The van der Waals surface area contributed by atoms with Crippen LogP contribution in [0.4, 0.5) is 4.79 Å². The van der Waals surface area contributed by atoms with Gasteiger partial charge in [0.2, 0.25) is 5.96 Å². The SMILES string of the molecule is Cc1ccc(S(=O)(=O)NC(N)=NCCC[C@@H](C(=O)O)N(I)C(=O)OC(C)(C)C)cc1. The molecule has 0 unspecified atom stereocenters. The summed E-state index contributed by atoms with van der Waals surface area (Å²) >= 11 is 1.60. The molecule has 1 aromatic rings. The Hall–Kier alpha value is -2.09. The van der Waals surface area contributed by atoms with Gasteiger partial charge in [0, 0.05) is 6.54 Å². The van der Waals surface area contributed by atoms with Crippen molar-refractivity contribution in [1.29, 1.82) is 0 Å². The first-order valence-electron chi connectivity index (χ1n) is 9.03. The number of nitrogens with zero attached hydrogens (tertiary/aromatic N) is 2. The van der Waals surface area contributed by atoms with E-state index in [2.05, 4.69) is 9.71 Å². The van der Waals surface area contributed by atoms with Crippen molar-refractivity contribution in [3.05, 3.63) is 29.8 Å². The second kappa shape index (κ2) is 10.8. The van der Waals surface area contributed by atoms with E-state index in [-0.39, 0.29) is 30.2 Å². The monoisotopic (exact) mass is 554 g/mol. The first-order chi connectivity index (χ1) is 13.7. The highest BCUT2D eigenvalue weighted by Crippen LogP contribution is 2.18. The molecule has 0 aliphatic carbocycles. The van der Waals surface area contributed by atoms with Crippen molar-refractivity contribution in [1.82, 2.24) is 7.84 Å². The summed E-state index contributed by atoms with van der Waals surface area (Å²) in [5, 5.41) is 9.39. The highest BCUT2D eigenvalue weighted by Gasteiger charge is 2.31. The number of carbonyl (C=O) groups is 2. The van der Waals surface area contributed by atoms with E-state index in [4.69, 9.17) is 10.5 Å². The molecule has 0 aromatic heterocycles. The maximum absolute atomic E-state index is 12.3. The van der Waals surface area contributed by atoms with Crippen molar-refractivity contribution >= 4 is 50.9 Å². The Balaban J connectivity index is 2.65. The van der Waals surface area contributed by atoms with E-state index in [9.17, 15) is 23.1 Å². The van der Waals surface area contributed by atoms with Crippen LogP contribution in [0.3, 0.4) is 0 Å². The van der Waals surface area contributed by atoms with Gasteiger partial charge in [0.15, 0.2) is 0 Å². The van der Waals surface area contributed by atoms with Crippen LogP contribution in [0, 0.1) is 6.92 Å². The average molecular weight is 554 g/mol. The minimum absolute atomic E-state index is 0.0510. The van der Waals surface area contributed by atoms with Crippen molar-refractivity contribution in [2.24, 2.45) is 10.7 Å². The summed E-state index contributed by atoms with van der Waals surface area (Å²) < 4.78 is 32.8. The fraction of sp³-hybridized carbons (Fsp3) is 0.500. The number of rotatable bonds is 8. The van der Waals surface area contributed by atoms with Gasteiger partial charge in [-0.15, -0.1) is 0 Å². The zero-order chi connectivity index (χ0) is 23.1. The number of hydrogen-bond acceptors (Lipinski definition) is 6. The number of guanidine groups is 1. The normalized spacial score (nSPS) is 13.4. The van der Waals surface area contributed by atoms with Gasteiger partial charge in [-0.2, -0.15) is 0 Å². The Morgan fingerprint density at radius 2 is 1.87 bits per heavy atom. The van der Waals surface area contributed by atoms with Crippen molar-refractivity contribution in [3.63, 3.8) is 0 Å². The van der Waals surface area contributed by atoms with Crippen molar-refractivity contribution in [2.45, 2.75) is 57.1 Å². The summed E-state index contributed by atoms with van der Waals surface area (Å²) in [6.45, 7) is 6.95. The molecule has 1 aromatic carbocycles. The first kappa shape index (κ1) is 25.9. The number of nitrogens with two attached hydrogens (primary N) is 1. The predicted molar refractivity (Wildman–Crippen MR) is 121 cm³/mol. The number of ether oxygens (including phenoxy) is 1. The van der Waals surface area contributed by atoms with Crippen LogP contribution in [0.25, 0.3) is 0 Å². The second-order valence-electron chi connectivity index (χ2n) is 7.47. The summed E-state index contributed by atoms with van der Waals surface area (Å²) in [4.78, 5) is 27.5. The van der Waals surface area contributed by atoms with Crippen molar-refractivity contribution < 1.29 is 27.9 Å². The number of aliphatic imine (C=N–C) groups is 1. The molecule has 0 spiro atoms. The number of carbonyl (C=O) groups excluding carboxylic acids is 1. The summed E-state index contributed by atoms with van der Waals surface area (Å²) in [5.41, 5.74) is 5.80. The number of nitrogens with one attached hydrogen (secondary N) is 1. The van der Waals surface area contributed by atoms with Crippen LogP contribution in [0.2, 0.25) is 0 Å². The van der Waals surface area contributed by atoms with Crippen LogP contribution < -0.4 is 10.5 Å². The van der Waals surface area contributed by atoms with Gasteiger partial charge in [-0.25, -0.2) is 25.8 Å². The number of aryl methyl sites for hydroxylation is 1. The van der Waals surface area contributed by atoms with E-state index in [1.165, 1.54) is 12.1 Å². The molecule has 168 valence electrons. The van der Waals surface area contributed by atoms with Crippen LogP contribution in [0.15, 0.2) is 34.2 Å². The smallest absolute Gasteiger partial charge is 0.419 e. The molecule has 12 heteroatoms. The van der Waals surface area contributed by atoms with Gasteiger partial charge < -0.3 is 15.6 Å². The molecule has 0 saturated heterocycles. The van der Waals surface area contributed by atoms with Crippen LogP contribution in [-0.2, 0) is 19.6 Å². The lowest BCUT2D eigenvalue weighted by Gasteiger charge is -2.26. The molecule has 0 saturated carbocycles. The molecule has 1 atom stereocenters. The standard InChI is InChI=1S/C18H27IN4O6S/c1-12-7-9-13(10-8-12)30(27,28)22-16(20)21-11-5-6-14(15(24)25)23(19)17(26)29-18(2,3)4/h7-10,14H,5-6,11H2,1-4H3,(H,24,25)(H3,20,21,22)/t14-/m0/s1. The highest BCUT2D eigenvalue weighted by atomic mass is 127. The van der Waals surface area contributed by atoms with Crippen LogP contribution in [0.5, 0.6) is 0 Å². The first-order valence-corrected chi connectivity index (χ1v) is 11.5. The zero-order valence-corrected chi connectivity index (χ0v) is 20.2. The van der Waals surface area contributed by atoms with Gasteiger partial charge in [0.25, 0.3) is 10.0 Å². The van der Waals surface area contributed by atoms with E-state index >= 15 is 0 Å². The lowest BCUT2D eigenvalue weighted by atomic mass is 10.1. The molecule has 0 radical (unpaired) electrons.